The largest absolute Gasteiger partial charge is 0.496 e. The molecule has 17 heavy (non-hydrogen) atoms. The van der Waals surface area contributed by atoms with Crippen molar-refractivity contribution in [2.24, 2.45) is 0 Å². The van der Waals surface area contributed by atoms with Crippen LogP contribution >= 0.6 is 0 Å². The highest BCUT2D eigenvalue weighted by Crippen LogP contribution is 2.24. The Morgan fingerprint density at radius 2 is 2.00 bits per heavy atom. The lowest BCUT2D eigenvalue weighted by Crippen LogP contribution is -2.11. The zero-order chi connectivity index (χ0) is 12.6. The van der Waals surface area contributed by atoms with E-state index in [1.54, 1.807) is 19.2 Å². The van der Waals surface area contributed by atoms with Crippen LogP contribution in [0.5, 0.6) is 5.75 Å². The van der Waals surface area contributed by atoms with Gasteiger partial charge in [0.2, 0.25) is 0 Å². The third kappa shape index (κ3) is 1.93. The molecule has 1 heterocycles. The first kappa shape index (κ1) is 11.4. The highest BCUT2D eigenvalue weighted by molar-refractivity contribution is 5.96. The monoisotopic (exact) mass is 232 g/mol. The van der Waals surface area contributed by atoms with Crippen LogP contribution in [0.2, 0.25) is 0 Å². The Hall–Kier alpha value is -2.10. The molecule has 0 atom stereocenters. The Kier molecular flexibility index (Phi) is 2.71. The molecule has 0 saturated carbocycles. The van der Waals surface area contributed by atoms with E-state index in [4.69, 9.17) is 9.15 Å². The van der Waals surface area contributed by atoms with Gasteiger partial charge in [0.05, 0.1) is 7.11 Å². The van der Waals surface area contributed by atoms with Gasteiger partial charge in [-0.25, -0.2) is 4.79 Å². The van der Waals surface area contributed by atoms with Gasteiger partial charge in [-0.3, -0.25) is 4.79 Å². The SMILES string of the molecule is COc1cc2oc(=O)c(C(C)=O)cc2cc1C. The average molecular weight is 232 g/mol. The van der Waals surface area contributed by atoms with Gasteiger partial charge in [0.15, 0.2) is 5.78 Å². The molecule has 0 N–H and O–H groups in total. The molecule has 0 aliphatic carbocycles. The summed E-state index contributed by atoms with van der Waals surface area (Å²) >= 11 is 0. The lowest BCUT2D eigenvalue weighted by atomic mass is 10.1. The quantitative estimate of drug-likeness (QED) is 0.589. The predicted octanol–water partition coefficient (Wildman–Crippen LogP) is 2.31. The van der Waals surface area contributed by atoms with Crippen LogP contribution in [0.3, 0.4) is 0 Å². The van der Waals surface area contributed by atoms with Gasteiger partial charge in [-0.2, -0.15) is 0 Å². The number of ketones is 1. The second-order valence-electron chi connectivity index (χ2n) is 3.86. The lowest BCUT2D eigenvalue weighted by molar-refractivity contribution is 0.101. The highest BCUT2D eigenvalue weighted by atomic mass is 16.5. The fourth-order valence-electron chi connectivity index (χ4n) is 1.73. The number of hydrogen-bond acceptors (Lipinski definition) is 4. The van der Waals surface area contributed by atoms with Gasteiger partial charge in [-0.1, -0.05) is 0 Å². The number of Topliss-reactive ketones (excluding diaryl/α,β-unsaturated/α-hetero) is 1. The van der Waals surface area contributed by atoms with Crippen LogP contribution in [0.1, 0.15) is 22.8 Å². The van der Waals surface area contributed by atoms with Crippen LogP contribution in [-0.4, -0.2) is 12.9 Å². The molecule has 0 spiro atoms. The number of ether oxygens (including phenoxy) is 1. The summed E-state index contributed by atoms with van der Waals surface area (Å²) < 4.78 is 10.2. The van der Waals surface area contributed by atoms with Crippen molar-refractivity contribution < 1.29 is 13.9 Å². The van der Waals surface area contributed by atoms with E-state index in [0.717, 1.165) is 5.56 Å². The second kappa shape index (κ2) is 4.05. The highest BCUT2D eigenvalue weighted by Gasteiger charge is 2.11. The number of carbonyl (C=O) groups excluding carboxylic acids is 1. The van der Waals surface area contributed by atoms with Crippen molar-refractivity contribution in [3.8, 4) is 5.75 Å². The maximum atomic E-state index is 11.5. The first-order valence-electron chi connectivity index (χ1n) is 5.16. The molecule has 0 fully saturated rings. The number of methoxy groups -OCH3 is 1. The normalized spacial score (nSPS) is 10.5. The first-order chi connectivity index (χ1) is 8.02. The van der Waals surface area contributed by atoms with Crippen molar-refractivity contribution in [1.82, 2.24) is 0 Å². The molecule has 4 nitrogen and oxygen atoms in total. The molecule has 0 aliphatic rings. The van der Waals surface area contributed by atoms with E-state index in [9.17, 15) is 9.59 Å². The first-order valence-corrected chi connectivity index (χ1v) is 5.16. The lowest BCUT2D eigenvalue weighted by Gasteiger charge is -2.06. The summed E-state index contributed by atoms with van der Waals surface area (Å²) in [4.78, 5) is 22.8. The predicted molar refractivity (Wildman–Crippen MR) is 63.8 cm³/mol. The van der Waals surface area contributed by atoms with Gasteiger partial charge in [0.25, 0.3) is 0 Å². The summed E-state index contributed by atoms with van der Waals surface area (Å²) in [5.41, 5.74) is 0.795. The van der Waals surface area contributed by atoms with Crippen molar-refractivity contribution in [2.45, 2.75) is 13.8 Å². The molecular formula is C13H12O4. The molecule has 0 aliphatic heterocycles. The fourth-order valence-corrected chi connectivity index (χ4v) is 1.73. The van der Waals surface area contributed by atoms with E-state index in [1.165, 1.54) is 6.92 Å². The van der Waals surface area contributed by atoms with E-state index < -0.39 is 5.63 Å². The Morgan fingerprint density at radius 1 is 1.29 bits per heavy atom. The van der Waals surface area contributed by atoms with Gasteiger partial charge in [0.1, 0.15) is 16.9 Å². The molecule has 2 rings (SSSR count). The van der Waals surface area contributed by atoms with Crippen LogP contribution < -0.4 is 10.4 Å². The van der Waals surface area contributed by atoms with Crippen LogP contribution in [0, 0.1) is 6.92 Å². The Balaban J connectivity index is 2.79. The topological polar surface area (TPSA) is 56.5 Å². The Bertz CT molecular complexity index is 652. The van der Waals surface area contributed by atoms with Crippen LogP contribution in [0.15, 0.2) is 27.4 Å². The van der Waals surface area contributed by atoms with Crippen molar-refractivity contribution in [2.75, 3.05) is 7.11 Å². The zero-order valence-corrected chi connectivity index (χ0v) is 9.87. The number of hydrogen-bond donors (Lipinski definition) is 0. The van der Waals surface area contributed by atoms with Crippen molar-refractivity contribution in [3.05, 3.63) is 39.7 Å². The van der Waals surface area contributed by atoms with E-state index in [0.29, 0.717) is 16.7 Å². The van der Waals surface area contributed by atoms with Crippen LogP contribution in [0.4, 0.5) is 0 Å². The number of aryl methyl sites for hydroxylation is 1. The van der Waals surface area contributed by atoms with E-state index in [2.05, 4.69) is 0 Å². The molecule has 0 saturated heterocycles. The molecule has 0 unspecified atom stereocenters. The number of benzene rings is 1. The maximum Gasteiger partial charge on any atom is 0.347 e. The zero-order valence-electron chi connectivity index (χ0n) is 9.87. The summed E-state index contributed by atoms with van der Waals surface area (Å²) in [5, 5.41) is 0.716. The fraction of sp³-hybridized carbons (Fsp3) is 0.231. The van der Waals surface area contributed by atoms with Crippen molar-refractivity contribution >= 4 is 16.8 Å². The van der Waals surface area contributed by atoms with Gasteiger partial charge in [0, 0.05) is 11.5 Å². The van der Waals surface area contributed by atoms with E-state index in [-0.39, 0.29) is 11.3 Å². The number of rotatable bonds is 2. The van der Waals surface area contributed by atoms with Gasteiger partial charge < -0.3 is 9.15 Å². The third-order valence-corrected chi connectivity index (χ3v) is 2.63. The molecule has 2 aromatic rings. The minimum absolute atomic E-state index is 0.0714. The van der Waals surface area contributed by atoms with Crippen LogP contribution in [0.25, 0.3) is 11.0 Å². The summed E-state index contributed by atoms with van der Waals surface area (Å²) in [6.45, 7) is 3.23. The third-order valence-electron chi connectivity index (χ3n) is 2.63. The minimum Gasteiger partial charge on any atom is -0.496 e. The molecule has 0 amide bonds. The van der Waals surface area contributed by atoms with Gasteiger partial charge >= 0.3 is 5.63 Å². The summed E-state index contributed by atoms with van der Waals surface area (Å²) in [6, 6.07) is 5.02. The summed E-state index contributed by atoms with van der Waals surface area (Å²) in [7, 11) is 1.55. The molecule has 0 bridgehead atoms. The van der Waals surface area contributed by atoms with Gasteiger partial charge in [-0.05, 0) is 31.5 Å². The van der Waals surface area contributed by atoms with Gasteiger partial charge in [-0.15, -0.1) is 0 Å². The molecule has 4 heteroatoms. The van der Waals surface area contributed by atoms with Crippen molar-refractivity contribution in [1.29, 1.82) is 0 Å². The molecule has 1 aromatic heterocycles. The Morgan fingerprint density at radius 3 is 2.59 bits per heavy atom. The average Bonchev–Trinajstić information content (AvgIpc) is 2.27. The maximum absolute atomic E-state index is 11.5. The number of fused-ring (bicyclic) bond motifs is 1. The Labute approximate surface area is 97.8 Å². The molecule has 1 aromatic carbocycles. The molecular weight excluding hydrogens is 220 g/mol. The van der Waals surface area contributed by atoms with E-state index >= 15 is 0 Å². The smallest absolute Gasteiger partial charge is 0.347 e. The standard InChI is InChI=1S/C13H12O4/c1-7-4-9-5-10(8(2)14)13(15)17-12(9)6-11(7)16-3/h4-6H,1-3H3. The second-order valence-corrected chi connectivity index (χ2v) is 3.86. The molecule has 88 valence electrons. The minimum atomic E-state index is -0.615. The van der Waals surface area contributed by atoms with Crippen LogP contribution in [-0.2, 0) is 0 Å². The number of carbonyl (C=O) groups is 1. The summed E-state index contributed by atoms with van der Waals surface area (Å²) in [6.07, 6.45) is 0. The van der Waals surface area contributed by atoms with E-state index in [1.807, 2.05) is 13.0 Å². The van der Waals surface area contributed by atoms with Crippen molar-refractivity contribution in [3.63, 3.8) is 0 Å². The molecule has 0 radical (unpaired) electrons. The summed E-state index contributed by atoms with van der Waals surface area (Å²) in [5.74, 6) is 0.352.